The molecule has 0 saturated carbocycles. The van der Waals surface area contributed by atoms with Crippen molar-refractivity contribution in [2.24, 2.45) is 0 Å². The van der Waals surface area contributed by atoms with E-state index >= 15 is 0 Å². The molecule has 0 unspecified atom stereocenters. The number of rotatable bonds is 6. The van der Waals surface area contributed by atoms with Gasteiger partial charge in [0.2, 0.25) is 0 Å². The lowest BCUT2D eigenvalue weighted by Crippen LogP contribution is -2.25. The van der Waals surface area contributed by atoms with Gasteiger partial charge in [-0.1, -0.05) is 23.4 Å². The van der Waals surface area contributed by atoms with Gasteiger partial charge in [0, 0.05) is 6.07 Å². The minimum absolute atomic E-state index is 0.176. The molecule has 3 rings (SSSR count). The number of aryl methyl sites for hydroxylation is 1. The second-order valence-corrected chi connectivity index (χ2v) is 8.16. The second kappa shape index (κ2) is 6.84. The van der Waals surface area contributed by atoms with Crippen molar-refractivity contribution in [1.82, 2.24) is 10.1 Å². The lowest BCUT2D eigenvalue weighted by molar-refractivity contribution is 0.214. The first-order valence-corrected chi connectivity index (χ1v) is 9.66. The van der Waals surface area contributed by atoms with E-state index in [4.69, 9.17) is 4.52 Å². The van der Waals surface area contributed by atoms with Gasteiger partial charge in [0.1, 0.15) is 0 Å². The molecule has 1 aromatic carbocycles. The summed E-state index contributed by atoms with van der Waals surface area (Å²) in [7, 11) is -3.19. The Labute approximate surface area is 137 Å². The SMILES string of the molecule is Cc1cc([C@@H]2CCCN2CCCS(=O)(=O)c2ccccc2)on1. The van der Waals surface area contributed by atoms with Crippen molar-refractivity contribution in [3.8, 4) is 0 Å². The molecule has 1 aromatic heterocycles. The first-order valence-electron chi connectivity index (χ1n) is 8.01. The van der Waals surface area contributed by atoms with Gasteiger partial charge in [-0.3, -0.25) is 4.90 Å². The minimum atomic E-state index is -3.19. The van der Waals surface area contributed by atoms with Crippen molar-refractivity contribution < 1.29 is 12.9 Å². The number of nitrogens with zero attached hydrogens (tertiary/aromatic N) is 2. The molecule has 1 aliphatic rings. The first-order chi connectivity index (χ1) is 11.1. The largest absolute Gasteiger partial charge is 0.359 e. The van der Waals surface area contributed by atoms with Gasteiger partial charge in [-0.25, -0.2) is 8.42 Å². The van der Waals surface area contributed by atoms with Crippen molar-refractivity contribution in [2.45, 2.75) is 37.1 Å². The molecule has 0 spiro atoms. The van der Waals surface area contributed by atoms with Gasteiger partial charge in [-0.15, -0.1) is 0 Å². The van der Waals surface area contributed by atoms with Gasteiger partial charge in [-0.2, -0.15) is 0 Å². The summed E-state index contributed by atoms with van der Waals surface area (Å²) in [6, 6.07) is 10.9. The van der Waals surface area contributed by atoms with Crippen molar-refractivity contribution in [1.29, 1.82) is 0 Å². The van der Waals surface area contributed by atoms with Crippen LogP contribution in [-0.4, -0.2) is 37.3 Å². The Balaban J connectivity index is 1.58. The molecule has 0 N–H and O–H groups in total. The first kappa shape index (κ1) is 16.2. The third kappa shape index (κ3) is 3.82. The molecule has 23 heavy (non-hydrogen) atoms. The molecule has 0 radical (unpaired) electrons. The highest BCUT2D eigenvalue weighted by Gasteiger charge is 2.29. The van der Waals surface area contributed by atoms with Gasteiger partial charge < -0.3 is 4.52 Å². The zero-order valence-electron chi connectivity index (χ0n) is 13.3. The van der Waals surface area contributed by atoms with Crippen LogP contribution in [0.15, 0.2) is 45.8 Å². The van der Waals surface area contributed by atoms with E-state index in [2.05, 4.69) is 10.1 Å². The average Bonchev–Trinajstić information content (AvgIpc) is 3.17. The van der Waals surface area contributed by atoms with Crippen LogP contribution in [0.1, 0.15) is 36.8 Å². The summed E-state index contributed by atoms with van der Waals surface area (Å²) in [6.45, 7) is 3.66. The topological polar surface area (TPSA) is 63.4 Å². The van der Waals surface area contributed by atoms with E-state index in [-0.39, 0.29) is 11.8 Å². The van der Waals surface area contributed by atoms with Crippen molar-refractivity contribution in [3.05, 3.63) is 47.9 Å². The molecule has 0 aliphatic carbocycles. The fraction of sp³-hybridized carbons (Fsp3) is 0.471. The van der Waals surface area contributed by atoms with Gasteiger partial charge in [0.05, 0.1) is 22.4 Å². The van der Waals surface area contributed by atoms with Crippen LogP contribution in [0.3, 0.4) is 0 Å². The Morgan fingerprint density at radius 3 is 2.78 bits per heavy atom. The van der Waals surface area contributed by atoms with Crippen LogP contribution < -0.4 is 0 Å². The van der Waals surface area contributed by atoms with Crippen LogP contribution >= 0.6 is 0 Å². The summed E-state index contributed by atoms with van der Waals surface area (Å²) in [5.74, 6) is 1.07. The summed E-state index contributed by atoms with van der Waals surface area (Å²) in [5, 5.41) is 3.96. The van der Waals surface area contributed by atoms with E-state index in [1.165, 1.54) is 0 Å². The Morgan fingerprint density at radius 1 is 1.30 bits per heavy atom. The molecule has 5 nitrogen and oxygen atoms in total. The van der Waals surface area contributed by atoms with E-state index in [1.54, 1.807) is 24.3 Å². The lowest BCUT2D eigenvalue weighted by atomic mass is 10.1. The predicted octanol–water partition coefficient (Wildman–Crippen LogP) is 2.98. The molecule has 1 atom stereocenters. The molecule has 2 aromatic rings. The number of likely N-dealkylation sites (tertiary alicyclic amines) is 1. The summed E-state index contributed by atoms with van der Waals surface area (Å²) < 4.78 is 30.0. The van der Waals surface area contributed by atoms with Crippen molar-refractivity contribution in [2.75, 3.05) is 18.8 Å². The van der Waals surface area contributed by atoms with Gasteiger partial charge >= 0.3 is 0 Å². The maximum Gasteiger partial charge on any atom is 0.178 e. The van der Waals surface area contributed by atoms with E-state index < -0.39 is 9.84 Å². The maximum absolute atomic E-state index is 12.3. The molecular formula is C17H22N2O3S. The highest BCUT2D eigenvalue weighted by atomic mass is 32.2. The van der Waals surface area contributed by atoms with Crippen LogP contribution in [0.25, 0.3) is 0 Å². The molecular weight excluding hydrogens is 312 g/mol. The fourth-order valence-corrected chi connectivity index (χ4v) is 4.48. The number of aromatic nitrogens is 1. The fourth-order valence-electron chi connectivity index (χ4n) is 3.16. The van der Waals surface area contributed by atoms with Crippen molar-refractivity contribution in [3.63, 3.8) is 0 Å². The van der Waals surface area contributed by atoms with E-state index in [0.29, 0.717) is 11.3 Å². The van der Waals surface area contributed by atoms with E-state index in [0.717, 1.165) is 37.4 Å². The van der Waals surface area contributed by atoms with Crippen molar-refractivity contribution >= 4 is 9.84 Å². The van der Waals surface area contributed by atoms with E-state index in [9.17, 15) is 8.42 Å². The second-order valence-electron chi connectivity index (χ2n) is 6.05. The summed E-state index contributed by atoms with van der Waals surface area (Å²) in [4.78, 5) is 2.71. The van der Waals surface area contributed by atoms with E-state index in [1.807, 2.05) is 19.1 Å². The monoisotopic (exact) mass is 334 g/mol. The molecule has 1 fully saturated rings. The van der Waals surface area contributed by atoms with Gasteiger partial charge in [-0.05, 0) is 51.4 Å². The smallest absolute Gasteiger partial charge is 0.178 e. The minimum Gasteiger partial charge on any atom is -0.359 e. The maximum atomic E-state index is 12.3. The zero-order valence-corrected chi connectivity index (χ0v) is 14.1. The Hall–Kier alpha value is -1.66. The third-order valence-electron chi connectivity index (χ3n) is 4.30. The van der Waals surface area contributed by atoms with Gasteiger partial charge in [0.15, 0.2) is 15.6 Å². The molecule has 124 valence electrons. The molecule has 1 aliphatic heterocycles. The third-order valence-corrected chi connectivity index (χ3v) is 6.12. The quantitative estimate of drug-likeness (QED) is 0.812. The highest BCUT2D eigenvalue weighted by Crippen LogP contribution is 2.32. The molecule has 1 saturated heterocycles. The number of benzene rings is 1. The number of sulfone groups is 1. The molecule has 6 heteroatoms. The average molecular weight is 334 g/mol. The normalized spacial score (nSPS) is 19.3. The Bertz CT molecular complexity index is 740. The molecule has 0 bridgehead atoms. The van der Waals surface area contributed by atoms with Crippen LogP contribution in [0.2, 0.25) is 0 Å². The predicted molar refractivity (Wildman–Crippen MR) is 87.9 cm³/mol. The van der Waals surface area contributed by atoms with Crippen LogP contribution in [0.5, 0.6) is 0 Å². The Kier molecular flexibility index (Phi) is 4.82. The summed E-state index contributed by atoms with van der Waals surface area (Å²) >= 11 is 0. The summed E-state index contributed by atoms with van der Waals surface area (Å²) in [5.41, 5.74) is 0.888. The highest BCUT2D eigenvalue weighted by molar-refractivity contribution is 7.91. The molecule has 2 heterocycles. The zero-order chi connectivity index (χ0) is 16.3. The van der Waals surface area contributed by atoms with Crippen LogP contribution in [-0.2, 0) is 9.84 Å². The van der Waals surface area contributed by atoms with Crippen LogP contribution in [0, 0.1) is 6.92 Å². The Morgan fingerprint density at radius 2 is 2.09 bits per heavy atom. The standard InChI is InChI=1S/C17H22N2O3S/c1-14-13-17(22-18-14)16-9-5-10-19(16)11-6-12-23(20,21)15-7-3-2-4-8-15/h2-4,7-8,13,16H,5-6,9-12H2,1H3/t16-/m0/s1. The summed E-state index contributed by atoms with van der Waals surface area (Å²) in [6.07, 6.45) is 2.77. The van der Waals surface area contributed by atoms with Crippen LogP contribution in [0.4, 0.5) is 0 Å². The lowest BCUT2D eigenvalue weighted by Gasteiger charge is -2.22. The number of hydrogen-bond donors (Lipinski definition) is 0. The molecule has 0 amide bonds. The number of hydrogen-bond acceptors (Lipinski definition) is 5. The van der Waals surface area contributed by atoms with Gasteiger partial charge in [0.25, 0.3) is 0 Å².